The minimum Gasteiger partial charge on any atom is -0.497 e. The van der Waals surface area contributed by atoms with Crippen LogP contribution in [0.25, 0.3) is 0 Å². The smallest absolute Gasteiger partial charge is 0.247 e. The number of furan rings is 1. The van der Waals surface area contributed by atoms with E-state index in [1.165, 1.54) is 24.6 Å². The number of rotatable bonds is 5. The monoisotopic (exact) mass is 337 g/mol. The maximum Gasteiger partial charge on any atom is 0.247 e. The molecule has 0 amide bonds. The Labute approximate surface area is 135 Å². The summed E-state index contributed by atoms with van der Waals surface area (Å²) in [4.78, 5) is 0.109. The lowest BCUT2D eigenvalue weighted by Crippen LogP contribution is -2.30. The van der Waals surface area contributed by atoms with E-state index in [1.54, 1.807) is 30.5 Å². The number of sulfonamides is 1. The molecule has 0 radical (unpaired) electrons. The SMILES string of the molecule is COc1ccc(OC)c(S(=O)(=O)N2CCC[C@H]2c2ccco2)c1. The van der Waals surface area contributed by atoms with Crippen molar-refractivity contribution in [3.05, 3.63) is 42.4 Å². The maximum absolute atomic E-state index is 13.1. The summed E-state index contributed by atoms with van der Waals surface area (Å²) in [5, 5.41) is 0. The van der Waals surface area contributed by atoms with Gasteiger partial charge in [-0.3, -0.25) is 0 Å². The van der Waals surface area contributed by atoms with Crippen LogP contribution in [0.5, 0.6) is 11.5 Å². The van der Waals surface area contributed by atoms with Gasteiger partial charge in [0.05, 0.1) is 26.5 Å². The fourth-order valence-electron chi connectivity index (χ4n) is 2.90. The first kappa shape index (κ1) is 15.9. The zero-order chi connectivity index (χ0) is 16.4. The van der Waals surface area contributed by atoms with Crippen molar-refractivity contribution in [1.29, 1.82) is 0 Å². The minimum atomic E-state index is -3.72. The molecule has 1 atom stereocenters. The third-order valence-electron chi connectivity index (χ3n) is 4.03. The highest BCUT2D eigenvalue weighted by Gasteiger charge is 2.39. The molecule has 1 aromatic heterocycles. The second-order valence-electron chi connectivity index (χ2n) is 5.31. The standard InChI is InChI=1S/C16H19NO5S/c1-20-12-7-8-15(21-2)16(11-12)23(18,19)17-9-3-5-13(17)14-6-4-10-22-14/h4,6-8,10-11,13H,3,5,9H2,1-2H3/t13-/m0/s1. The van der Waals surface area contributed by atoms with Gasteiger partial charge in [0.2, 0.25) is 10.0 Å². The molecule has 1 saturated heterocycles. The number of benzene rings is 1. The van der Waals surface area contributed by atoms with Crippen molar-refractivity contribution < 1.29 is 22.3 Å². The van der Waals surface area contributed by atoms with Crippen LogP contribution in [0.15, 0.2) is 45.9 Å². The Morgan fingerprint density at radius 3 is 2.70 bits per heavy atom. The van der Waals surface area contributed by atoms with E-state index < -0.39 is 10.0 Å². The molecule has 3 rings (SSSR count). The Morgan fingerprint density at radius 1 is 1.22 bits per heavy atom. The highest BCUT2D eigenvalue weighted by Crippen LogP contribution is 2.39. The number of hydrogen-bond acceptors (Lipinski definition) is 5. The lowest BCUT2D eigenvalue weighted by Gasteiger charge is -2.23. The first-order valence-corrected chi connectivity index (χ1v) is 8.79. The van der Waals surface area contributed by atoms with Crippen LogP contribution >= 0.6 is 0 Å². The Hall–Kier alpha value is -1.99. The average molecular weight is 337 g/mol. The van der Waals surface area contributed by atoms with Crippen molar-refractivity contribution in [2.45, 2.75) is 23.8 Å². The van der Waals surface area contributed by atoms with Crippen LogP contribution in [0.3, 0.4) is 0 Å². The van der Waals surface area contributed by atoms with E-state index in [1.807, 2.05) is 0 Å². The van der Waals surface area contributed by atoms with E-state index in [-0.39, 0.29) is 10.9 Å². The number of nitrogens with zero attached hydrogens (tertiary/aromatic N) is 1. The van der Waals surface area contributed by atoms with E-state index in [0.717, 1.165) is 12.8 Å². The lowest BCUT2D eigenvalue weighted by molar-refractivity contribution is 0.336. The third-order valence-corrected chi connectivity index (χ3v) is 5.96. The molecule has 124 valence electrons. The molecule has 0 unspecified atom stereocenters. The molecular weight excluding hydrogens is 318 g/mol. The molecule has 2 aromatic rings. The second-order valence-corrected chi connectivity index (χ2v) is 7.16. The van der Waals surface area contributed by atoms with Crippen molar-refractivity contribution in [2.75, 3.05) is 20.8 Å². The van der Waals surface area contributed by atoms with Gasteiger partial charge in [0.1, 0.15) is 22.2 Å². The molecule has 7 heteroatoms. The minimum absolute atomic E-state index is 0.109. The topological polar surface area (TPSA) is 69.0 Å². The van der Waals surface area contributed by atoms with E-state index in [2.05, 4.69) is 0 Å². The molecule has 1 fully saturated rings. The summed E-state index contributed by atoms with van der Waals surface area (Å²) in [6, 6.07) is 8.05. The van der Waals surface area contributed by atoms with Gasteiger partial charge in [0.25, 0.3) is 0 Å². The van der Waals surface area contributed by atoms with Crippen LogP contribution in [0, 0.1) is 0 Å². The summed E-state index contributed by atoms with van der Waals surface area (Å²) >= 11 is 0. The quantitative estimate of drug-likeness (QED) is 0.839. The third kappa shape index (κ3) is 2.82. The Balaban J connectivity index is 2.04. The van der Waals surface area contributed by atoms with Gasteiger partial charge in [0, 0.05) is 12.6 Å². The van der Waals surface area contributed by atoms with Gasteiger partial charge < -0.3 is 13.9 Å². The van der Waals surface area contributed by atoms with Gasteiger partial charge in [-0.15, -0.1) is 0 Å². The number of methoxy groups -OCH3 is 2. The summed E-state index contributed by atoms with van der Waals surface area (Å²) in [6.07, 6.45) is 3.08. The van der Waals surface area contributed by atoms with Crippen molar-refractivity contribution in [2.24, 2.45) is 0 Å². The van der Waals surface area contributed by atoms with E-state index >= 15 is 0 Å². The van der Waals surface area contributed by atoms with Crippen LogP contribution in [0.2, 0.25) is 0 Å². The summed E-state index contributed by atoms with van der Waals surface area (Å²) < 4.78 is 43.6. The van der Waals surface area contributed by atoms with Crippen LogP contribution < -0.4 is 9.47 Å². The van der Waals surface area contributed by atoms with Gasteiger partial charge in [-0.2, -0.15) is 4.31 Å². The van der Waals surface area contributed by atoms with Crippen LogP contribution in [-0.2, 0) is 10.0 Å². The fourth-order valence-corrected chi connectivity index (χ4v) is 4.74. The van der Waals surface area contributed by atoms with Crippen LogP contribution in [0.1, 0.15) is 24.6 Å². The summed E-state index contributed by atoms with van der Waals surface area (Å²) in [7, 11) is -0.768. The second kappa shape index (κ2) is 6.25. The predicted octanol–water partition coefficient (Wildman–Crippen LogP) is 2.82. The van der Waals surface area contributed by atoms with Gasteiger partial charge >= 0.3 is 0 Å². The lowest BCUT2D eigenvalue weighted by atomic mass is 10.2. The highest BCUT2D eigenvalue weighted by molar-refractivity contribution is 7.89. The zero-order valence-corrected chi connectivity index (χ0v) is 13.9. The predicted molar refractivity (Wildman–Crippen MR) is 84.1 cm³/mol. The fraction of sp³-hybridized carbons (Fsp3) is 0.375. The molecule has 0 aliphatic carbocycles. The van der Waals surface area contributed by atoms with Crippen molar-refractivity contribution in [1.82, 2.24) is 4.31 Å². The molecule has 0 saturated carbocycles. The van der Waals surface area contributed by atoms with E-state index in [9.17, 15) is 8.42 Å². The molecule has 1 aliphatic rings. The molecule has 0 spiro atoms. The molecule has 0 N–H and O–H groups in total. The van der Waals surface area contributed by atoms with Crippen molar-refractivity contribution in [3.63, 3.8) is 0 Å². The normalized spacial score (nSPS) is 19.0. The largest absolute Gasteiger partial charge is 0.497 e. The van der Waals surface area contributed by atoms with Crippen LogP contribution in [-0.4, -0.2) is 33.5 Å². The van der Waals surface area contributed by atoms with Gasteiger partial charge in [-0.25, -0.2) is 8.42 Å². The first-order chi connectivity index (χ1) is 11.1. The molecule has 2 heterocycles. The Kier molecular flexibility index (Phi) is 4.32. The van der Waals surface area contributed by atoms with Gasteiger partial charge in [-0.1, -0.05) is 0 Å². The summed E-state index contributed by atoms with van der Waals surface area (Å²) in [6.45, 7) is 0.452. The highest BCUT2D eigenvalue weighted by atomic mass is 32.2. The molecule has 1 aliphatic heterocycles. The van der Waals surface area contributed by atoms with Crippen molar-refractivity contribution >= 4 is 10.0 Å². The van der Waals surface area contributed by atoms with E-state index in [0.29, 0.717) is 23.8 Å². The molecule has 1 aromatic carbocycles. The van der Waals surface area contributed by atoms with Gasteiger partial charge in [-0.05, 0) is 37.1 Å². The number of ether oxygens (including phenoxy) is 2. The number of hydrogen-bond donors (Lipinski definition) is 0. The molecule has 6 nitrogen and oxygen atoms in total. The van der Waals surface area contributed by atoms with Crippen LogP contribution in [0.4, 0.5) is 0 Å². The zero-order valence-electron chi connectivity index (χ0n) is 13.1. The van der Waals surface area contributed by atoms with E-state index in [4.69, 9.17) is 13.9 Å². The van der Waals surface area contributed by atoms with Crippen molar-refractivity contribution in [3.8, 4) is 11.5 Å². The summed E-state index contributed by atoms with van der Waals surface area (Å²) in [5.74, 6) is 1.43. The molecule has 23 heavy (non-hydrogen) atoms. The molecule has 0 bridgehead atoms. The Morgan fingerprint density at radius 2 is 2.04 bits per heavy atom. The maximum atomic E-state index is 13.1. The van der Waals surface area contributed by atoms with Gasteiger partial charge in [0.15, 0.2) is 0 Å². The molecular formula is C16H19NO5S. The first-order valence-electron chi connectivity index (χ1n) is 7.35. The average Bonchev–Trinajstić information content (AvgIpc) is 3.24. The Bertz CT molecular complexity index is 770. The summed E-state index contributed by atoms with van der Waals surface area (Å²) in [5.41, 5.74) is 0.